The topological polar surface area (TPSA) is 113 Å². The van der Waals surface area contributed by atoms with Gasteiger partial charge >= 0.3 is 11.8 Å². The third-order valence-electron chi connectivity index (χ3n) is 5.87. The fourth-order valence-corrected chi connectivity index (χ4v) is 4.00. The number of anilines is 1. The van der Waals surface area contributed by atoms with Crippen LogP contribution in [0.25, 0.3) is 10.9 Å². The molecule has 9 nitrogen and oxygen atoms in total. The number of nitrogens with one attached hydrogen (secondary N) is 1. The summed E-state index contributed by atoms with van der Waals surface area (Å²) in [7, 11) is 2.86. The lowest BCUT2D eigenvalue weighted by Crippen LogP contribution is -2.38. The molecule has 1 fully saturated rings. The lowest BCUT2D eigenvalue weighted by molar-refractivity contribution is -0.614. The van der Waals surface area contributed by atoms with Crippen molar-refractivity contribution < 1.29 is 24.1 Å². The van der Waals surface area contributed by atoms with Crippen LogP contribution < -0.4 is 19.5 Å². The van der Waals surface area contributed by atoms with Gasteiger partial charge in [-0.2, -0.15) is 5.10 Å². The predicted molar refractivity (Wildman–Crippen MR) is 117 cm³/mol. The van der Waals surface area contributed by atoms with Crippen molar-refractivity contribution in [2.45, 2.75) is 37.3 Å². The molecule has 0 radical (unpaired) electrons. The second kappa shape index (κ2) is 8.40. The number of fused-ring (bicyclic) bond motifs is 1. The zero-order valence-electron chi connectivity index (χ0n) is 17.9. The van der Waals surface area contributed by atoms with E-state index in [1.807, 2.05) is 10.9 Å². The molecule has 3 aromatic rings. The number of terminal acetylenes is 1. The van der Waals surface area contributed by atoms with E-state index < -0.39 is 11.5 Å². The molecule has 4 rings (SSSR count). The zero-order chi connectivity index (χ0) is 22.9. The molecule has 1 saturated carbocycles. The Balaban J connectivity index is 1.61. The van der Waals surface area contributed by atoms with Crippen molar-refractivity contribution >= 4 is 22.5 Å². The summed E-state index contributed by atoms with van der Waals surface area (Å²) in [6.07, 6.45) is 9.81. The Bertz CT molecular complexity index is 1210. The minimum Gasteiger partial charge on any atom is -0.615 e. The third-order valence-corrected chi connectivity index (χ3v) is 5.87. The molecular formula is C23H24N4O5. The van der Waals surface area contributed by atoms with Crippen molar-refractivity contribution in [2.24, 2.45) is 0 Å². The average molecular weight is 436 g/mol. The Morgan fingerprint density at radius 2 is 2.09 bits per heavy atom. The van der Waals surface area contributed by atoms with Crippen LogP contribution in [0.2, 0.25) is 0 Å². The lowest BCUT2D eigenvalue weighted by Gasteiger charge is -2.32. The van der Waals surface area contributed by atoms with Crippen molar-refractivity contribution in [3.8, 4) is 24.0 Å². The average Bonchev–Trinajstić information content (AvgIpc) is 3.21. The van der Waals surface area contributed by atoms with Crippen molar-refractivity contribution in [2.75, 3.05) is 19.5 Å². The summed E-state index contributed by atoms with van der Waals surface area (Å²) in [5, 5.41) is 30.8. The first-order valence-corrected chi connectivity index (χ1v) is 10.2. The molecule has 166 valence electrons. The summed E-state index contributed by atoms with van der Waals surface area (Å²) in [5.41, 5.74) is -0.0246. The Hall–Kier alpha value is -3.77. The first kappa shape index (κ1) is 21.5. The number of rotatable bonds is 5. The number of hydrogen-bond acceptors (Lipinski definition) is 6. The number of ether oxygens (including phenoxy) is 2. The van der Waals surface area contributed by atoms with Gasteiger partial charge in [0, 0.05) is 23.7 Å². The highest BCUT2D eigenvalue weighted by molar-refractivity contribution is 6.04. The number of amides is 1. The Morgan fingerprint density at radius 1 is 1.34 bits per heavy atom. The van der Waals surface area contributed by atoms with Crippen molar-refractivity contribution in [3.05, 3.63) is 47.4 Å². The van der Waals surface area contributed by atoms with E-state index in [0.29, 0.717) is 34.5 Å². The molecule has 2 aromatic heterocycles. The molecule has 0 aliphatic heterocycles. The molecule has 9 heteroatoms. The number of hydrogen-bond donors (Lipinski definition) is 2. The molecule has 2 heterocycles. The monoisotopic (exact) mass is 436 g/mol. The lowest BCUT2D eigenvalue weighted by atomic mass is 9.83. The van der Waals surface area contributed by atoms with Crippen LogP contribution in [0.4, 0.5) is 5.69 Å². The van der Waals surface area contributed by atoms with Crippen molar-refractivity contribution in [1.29, 1.82) is 0 Å². The summed E-state index contributed by atoms with van der Waals surface area (Å²) >= 11 is 0. The van der Waals surface area contributed by atoms with Gasteiger partial charge < -0.3 is 25.1 Å². The minimum atomic E-state index is -1.04. The number of aliphatic hydroxyl groups is 1. The summed E-state index contributed by atoms with van der Waals surface area (Å²) in [6.45, 7) is 0. The molecular weight excluding hydrogens is 412 g/mol. The van der Waals surface area contributed by atoms with Gasteiger partial charge in [0.1, 0.15) is 11.4 Å². The van der Waals surface area contributed by atoms with E-state index in [4.69, 9.17) is 15.9 Å². The maximum absolute atomic E-state index is 12.7. The molecule has 1 aliphatic carbocycles. The quantitative estimate of drug-likeness (QED) is 0.361. The SMILES string of the molecule is C#CC1(O)CCC(n2cc3cc(NC(=O)c4cccc(OC)[n+]4[O-])c(OC)cc3n2)CC1. The van der Waals surface area contributed by atoms with Gasteiger partial charge in [-0.1, -0.05) is 5.92 Å². The fraction of sp³-hybridized carbons (Fsp3) is 0.348. The van der Waals surface area contributed by atoms with Crippen molar-refractivity contribution in [1.82, 2.24) is 9.78 Å². The molecule has 1 aliphatic rings. The molecule has 32 heavy (non-hydrogen) atoms. The highest BCUT2D eigenvalue weighted by Gasteiger charge is 2.32. The highest BCUT2D eigenvalue weighted by atomic mass is 16.5. The van der Waals surface area contributed by atoms with Gasteiger partial charge in [0.25, 0.3) is 5.69 Å². The largest absolute Gasteiger partial charge is 0.615 e. The van der Waals surface area contributed by atoms with Crippen LogP contribution in [0.15, 0.2) is 36.5 Å². The smallest absolute Gasteiger partial charge is 0.379 e. The Labute approximate surface area is 185 Å². The first-order chi connectivity index (χ1) is 15.4. The number of methoxy groups -OCH3 is 2. The van der Waals surface area contributed by atoms with Crippen LogP contribution in [0.1, 0.15) is 42.2 Å². The molecule has 1 aromatic carbocycles. The number of carbonyl (C=O) groups excluding carboxylic acids is 1. The van der Waals surface area contributed by atoms with Gasteiger partial charge in [0.05, 0.1) is 37.5 Å². The number of aromatic nitrogens is 3. The van der Waals surface area contributed by atoms with E-state index in [9.17, 15) is 15.1 Å². The third kappa shape index (κ3) is 3.92. The predicted octanol–water partition coefficient (Wildman–Crippen LogP) is 2.42. The molecule has 0 spiro atoms. The van der Waals surface area contributed by atoms with Gasteiger partial charge in [-0.15, -0.1) is 11.2 Å². The first-order valence-electron chi connectivity index (χ1n) is 10.2. The molecule has 0 bridgehead atoms. The summed E-state index contributed by atoms with van der Waals surface area (Å²) in [4.78, 5) is 12.7. The van der Waals surface area contributed by atoms with E-state index >= 15 is 0 Å². The van der Waals surface area contributed by atoms with Crippen LogP contribution in [0.5, 0.6) is 11.6 Å². The maximum Gasteiger partial charge on any atom is 0.379 e. The Kier molecular flexibility index (Phi) is 5.63. The van der Waals surface area contributed by atoms with E-state index in [1.165, 1.54) is 26.4 Å². The van der Waals surface area contributed by atoms with E-state index in [0.717, 1.165) is 18.2 Å². The molecule has 1 amide bonds. The summed E-state index contributed by atoms with van der Waals surface area (Å²) < 4.78 is 12.7. The van der Waals surface area contributed by atoms with Gasteiger partial charge in [-0.25, -0.2) is 0 Å². The highest BCUT2D eigenvalue weighted by Crippen LogP contribution is 2.36. The van der Waals surface area contributed by atoms with Crippen LogP contribution in [0, 0.1) is 17.6 Å². The zero-order valence-corrected chi connectivity index (χ0v) is 17.9. The van der Waals surface area contributed by atoms with Crippen molar-refractivity contribution in [3.63, 3.8) is 0 Å². The summed E-state index contributed by atoms with van der Waals surface area (Å²) in [6, 6.07) is 8.06. The minimum absolute atomic E-state index is 0.0190. The van der Waals surface area contributed by atoms with Crippen LogP contribution in [-0.2, 0) is 0 Å². The van der Waals surface area contributed by atoms with E-state index in [2.05, 4.69) is 16.3 Å². The molecule has 0 unspecified atom stereocenters. The summed E-state index contributed by atoms with van der Waals surface area (Å²) in [5.74, 6) is 2.33. The van der Waals surface area contributed by atoms with Gasteiger partial charge in [0.15, 0.2) is 0 Å². The Morgan fingerprint density at radius 3 is 2.75 bits per heavy atom. The molecule has 0 saturated heterocycles. The molecule has 2 N–H and O–H groups in total. The van der Waals surface area contributed by atoms with Crippen LogP contribution in [-0.4, -0.2) is 40.6 Å². The normalized spacial score (nSPS) is 20.5. The second-order valence-electron chi connectivity index (χ2n) is 7.83. The van der Waals surface area contributed by atoms with Gasteiger partial charge in [-0.05, 0) is 37.8 Å². The second-order valence-corrected chi connectivity index (χ2v) is 7.83. The molecule has 0 atom stereocenters. The van der Waals surface area contributed by atoms with Gasteiger partial charge in [0.2, 0.25) is 0 Å². The number of pyridine rings is 1. The standard InChI is InChI=1S/C23H24N4O5/c1-4-23(29)10-8-16(9-11-23)26-14-15-12-18(20(31-2)13-17(15)25-26)24-22(28)19-6-5-7-21(32-3)27(19)30/h1,5-7,12-14,16,29H,8-11H2,2-3H3,(H,24,28). The fourth-order valence-electron chi connectivity index (χ4n) is 4.00. The number of carbonyl (C=O) groups is 1. The van der Waals surface area contributed by atoms with Crippen LogP contribution in [0.3, 0.4) is 0 Å². The number of benzene rings is 1. The van der Waals surface area contributed by atoms with E-state index in [-0.39, 0.29) is 17.6 Å². The van der Waals surface area contributed by atoms with E-state index in [1.54, 1.807) is 18.2 Å². The van der Waals surface area contributed by atoms with Gasteiger partial charge in [-0.3, -0.25) is 9.48 Å². The van der Waals surface area contributed by atoms with Crippen LogP contribution >= 0.6 is 0 Å². The number of nitrogens with zero attached hydrogens (tertiary/aromatic N) is 3. The maximum atomic E-state index is 12.7.